The monoisotopic (exact) mass is 331 g/mol. The molecule has 0 aliphatic heterocycles. The summed E-state index contributed by atoms with van der Waals surface area (Å²) in [6.45, 7) is 2.03. The van der Waals surface area contributed by atoms with E-state index in [2.05, 4.69) is 49.3 Å². The molecule has 15 heavy (non-hydrogen) atoms. The Labute approximate surface area is 104 Å². The van der Waals surface area contributed by atoms with Crippen LogP contribution in [0.3, 0.4) is 0 Å². The highest BCUT2D eigenvalue weighted by atomic mass is 127. The van der Waals surface area contributed by atoms with Crippen molar-refractivity contribution in [2.45, 2.75) is 13.3 Å². The number of nitrogens with zero attached hydrogens (tertiary/aromatic N) is 4. The molecular formula is C8H6IN5S. The second-order valence-electron chi connectivity index (χ2n) is 2.76. The largest absolute Gasteiger partial charge is 0.238 e. The smallest absolute Gasteiger partial charge is 0.190 e. The number of aryl methyl sites for hydroxylation is 1. The van der Waals surface area contributed by atoms with Crippen LogP contribution in [0.1, 0.15) is 17.4 Å². The van der Waals surface area contributed by atoms with Gasteiger partial charge in [0.05, 0.1) is 14.0 Å². The van der Waals surface area contributed by atoms with Crippen molar-refractivity contribution in [1.29, 1.82) is 5.26 Å². The average molecular weight is 331 g/mol. The molecule has 2 rings (SSSR count). The summed E-state index contributed by atoms with van der Waals surface area (Å²) in [7, 11) is 0. The highest BCUT2D eigenvalue weighted by molar-refractivity contribution is 14.1. The lowest BCUT2D eigenvalue weighted by Crippen LogP contribution is -1.82. The molecule has 2 aromatic heterocycles. The lowest BCUT2D eigenvalue weighted by atomic mass is 10.2. The highest BCUT2D eigenvalue weighted by Gasteiger charge is 2.18. The van der Waals surface area contributed by atoms with E-state index in [9.17, 15) is 0 Å². The Hall–Kier alpha value is -1.01. The minimum Gasteiger partial charge on any atom is -0.238 e. The Kier molecular flexibility index (Phi) is 2.97. The number of nitriles is 1. The van der Waals surface area contributed by atoms with Gasteiger partial charge in [-0.1, -0.05) is 6.92 Å². The molecule has 2 heterocycles. The summed E-state index contributed by atoms with van der Waals surface area (Å²) in [6, 6.07) is 2.22. The standard InChI is InChI=1S/C8H6IN5S/c1-2-5-4(3-10)6(9)7(15-5)8-11-13-14-12-8/h2H2,1H3,(H,11,12,13,14). The number of thiophene rings is 1. The fourth-order valence-electron chi connectivity index (χ4n) is 1.22. The first-order valence-electron chi connectivity index (χ1n) is 4.23. The maximum Gasteiger partial charge on any atom is 0.190 e. The van der Waals surface area contributed by atoms with Crippen LogP contribution < -0.4 is 0 Å². The Morgan fingerprint density at radius 1 is 1.60 bits per heavy atom. The van der Waals surface area contributed by atoms with Gasteiger partial charge in [0.15, 0.2) is 5.82 Å². The normalized spacial score (nSPS) is 10.2. The molecule has 0 bridgehead atoms. The maximum absolute atomic E-state index is 9.03. The molecule has 0 saturated heterocycles. The van der Waals surface area contributed by atoms with Crippen molar-refractivity contribution >= 4 is 33.9 Å². The van der Waals surface area contributed by atoms with Crippen molar-refractivity contribution in [2.24, 2.45) is 0 Å². The summed E-state index contributed by atoms with van der Waals surface area (Å²) in [5.74, 6) is 0.626. The van der Waals surface area contributed by atoms with Gasteiger partial charge in [-0.3, -0.25) is 0 Å². The molecule has 0 fully saturated rings. The molecule has 0 spiro atoms. The van der Waals surface area contributed by atoms with Gasteiger partial charge in [0.1, 0.15) is 6.07 Å². The molecule has 0 saturated carbocycles. The van der Waals surface area contributed by atoms with Crippen LogP contribution in [0, 0.1) is 14.9 Å². The quantitative estimate of drug-likeness (QED) is 0.854. The first-order chi connectivity index (χ1) is 7.27. The molecule has 0 radical (unpaired) electrons. The van der Waals surface area contributed by atoms with Crippen LogP contribution in [0.25, 0.3) is 10.7 Å². The molecule has 0 atom stereocenters. The zero-order valence-corrected chi connectivity index (χ0v) is 10.8. The summed E-state index contributed by atoms with van der Waals surface area (Å²) in [5.41, 5.74) is 0.745. The maximum atomic E-state index is 9.03. The summed E-state index contributed by atoms with van der Waals surface area (Å²) >= 11 is 3.72. The molecule has 1 N–H and O–H groups in total. The van der Waals surface area contributed by atoms with E-state index in [-0.39, 0.29) is 0 Å². The van der Waals surface area contributed by atoms with Crippen LogP contribution in [0.2, 0.25) is 0 Å². The number of hydrogen-bond acceptors (Lipinski definition) is 5. The van der Waals surface area contributed by atoms with Crippen molar-refractivity contribution in [1.82, 2.24) is 20.6 Å². The molecule has 0 aromatic carbocycles. The number of H-pyrrole nitrogens is 1. The molecule has 5 nitrogen and oxygen atoms in total. The van der Waals surface area contributed by atoms with Crippen molar-refractivity contribution in [3.63, 3.8) is 0 Å². The van der Waals surface area contributed by atoms with E-state index in [0.717, 1.165) is 25.3 Å². The van der Waals surface area contributed by atoms with Crippen molar-refractivity contribution < 1.29 is 0 Å². The molecule has 0 aliphatic rings. The van der Waals surface area contributed by atoms with E-state index in [0.29, 0.717) is 5.82 Å². The fraction of sp³-hybridized carbons (Fsp3) is 0.250. The summed E-state index contributed by atoms with van der Waals surface area (Å²) in [6.07, 6.45) is 0.852. The van der Waals surface area contributed by atoms with Gasteiger partial charge in [-0.2, -0.15) is 5.26 Å². The van der Waals surface area contributed by atoms with E-state index in [1.54, 1.807) is 11.3 Å². The second kappa shape index (κ2) is 4.24. The summed E-state index contributed by atoms with van der Waals surface area (Å²) < 4.78 is 0.926. The number of aromatic nitrogens is 4. The Morgan fingerprint density at radius 3 is 2.87 bits per heavy atom. The first kappa shape index (κ1) is 10.5. The first-order valence-corrected chi connectivity index (χ1v) is 6.12. The van der Waals surface area contributed by atoms with E-state index in [4.69, 9.17) is 5.26 Å². The van der Waals surface area contributed by atoms with Gasteiger partial charge in [-0.15, -0.1) is 16.4 Å². The SMILES string of the molecule is CCc1sc(-c2nnn[nH]2)c(I)c1C#N. The third kappa shape index (κ3) is 1.74. The third-order valence-electron chi connectivity index (χ3n) is 1.92. The van der Waals surface area contributed by atoms with Crippen molar-refractivity contribution in [3.05, 3.63) is 14.0 Å². The van der Waals surface area contributed by atoms with Crippen molar-refractivity contribution in [2.75, 3.05) is 0 Å². The van der Waals surface area contributed by atoms with E-state index < -0.39 is 0 Å². The Morgan fingerprint density at radius 2 is 2.40 bits per heavy atom. The number of aromatic amines is 1. The minimum atomic E-state index is 0.626. The Bertz CT molecular complexity index is 510. The van der Waals surface area contributed by atoms with Crippen LogP contribution in [0.15, 0.2) is 0 Å². The topological polar surface area (TPSA) is 78.2 Å². The molecule has 0 unspecified atom stereocenters. The number of hydrogen-bond donors (Lipinski definition) is 1. The van der Waals surface area contributed by atoms with Gasteiger partial charge in [0, 0.05) is 4.88 Å². The third-order valence-corrected chi connectivity index (χ3v) is 4.70. The summed E-state index contributed by atoms with van der Waals surface area (Å²) in [5, 5.41) is 22.6. The number of halogens is 1. The van der Waals surface area contributed by atoms with Crippen LogP contribution in [-0.2, 0) is 6.42 Å². The minimum absolute atomic E-state index is 0.626. The number of rotatable bonds is 2. The molecule has 0 aliphatic carbocycles. The van der Waals surface area contributed by atoms with E-state index in [1.807, 2.05) is 6.92 Å². The van der Waals surface area contributed by atoms with Gasteiger partial charge in [-0.05, 0) is 39.4 Å². The van der Waals surface area contributed by atoms with Gasteiger partial charge >= 0.3 is 0 Å². The van der Waals surface area contributed by atoms with Crippen LogP contribution in [0.4, 0.5) is 0 Å². The number of tetrazole rings is 1. The zero-order chi connectivity index (χ0) is 10.8. The average Bonchev–Trinajstić information content (AvgIpc) is 2.84. The van der Waals surface area contributed by atoms with Crippen LogP contribution >= 0.6 is 33.9 Å². The fourth-order valence-corrected chi connectivity index (χ4v) is 3.45. The predicted octanol–water partition coefficient (Wildman–Crippen LogP) is 1.97. The molecule has 2 aromatic rings. The molecule has 0 amide bonds. The second-order valence-corrected chi connectivity index (χ2v) is 4.94. The highest BCUT2D eigenvalue weighted by Crippen LogP contribution is 2.35. The lowest BCUT2D eigenvalue weighted by Gasteiger charge is -1.89. The van der Waals surface area contributed by atoms with Gasteiger partial charge in [0.25, 0.3) is 0 Å². The Balaban J connectivity index is 2.61. The van der Waals surface area contributed by atoms with Gasteiger partial charge in [-0.25, -0.2) is 5.10 Å². The summed E-state index contributed by atoms with van der Waals surface area (Å²) in [4.78, 5) is 2.02. The molecule has 76 valence electrons. The van der Waals surface area contributed by atoms with Gasteiger partial charge < -0.3 is 0 Å². The van der Waals surface area contributed by atoms with Crippen LogP contribution in [-0.4, -0.2) is 20.6 Å². The molecular weight excluding hydrogens is 325 g/mol. The van der Waals surface area contributed by atoms with Gasteiger partial charge in [0.2, 0.25) is 0 Å². The number of nitrogens with one attached hydrogen (secondary N) is 1. The predicted molar refractivity (Wildman–Crippen MR) is 64.3 cm³/mol. The van der Waals surface area contributed by atoms with Crippen molar-refractivity contribution in [3.8, 4) is 16.8 Å². The van der Waals surface area contributed by atoms with E-state index in [1.165, 1.54) is 0 Å². The lowest BCUT2D eigenvalue weighted by molar-refractivity contribution is 0.881. The van der Waals surface area contributed by atoms with Crippen LogP contribution in [0.5, 0.6) is 0 Å². The zero-order valence-electron chi connectivity index (χ0n) is 7.78. The molecule has 7 heteroatoms. The van der Waals surface area contributed by atoms with E-state index >= 15 is 0 Å².